The van der Waals surface area contributed by atoms with Crippen LogP contribution in [0.3, 0.4) is 0 Å². The molecule has 0 aliphatic carbocycles. The number of aliphatic hydroxyl groups is 2. The number of thiophene rings is 1. The molecule has 0 saturated heterocycles. The minimum Gasteiger partial charge on any atom is -0.665 e. The van der Waals surface area contributed by atoms with Crippen LogP contribution in [0.2, 0.25) is 0 Å². The maximum atomic E-state index is 11.8. The molecule has 0 spiro atoms. The molecule has 2 aliphatic heterocycles. The van der Waals surface area contributed by atoms with Crippen LogP contribution in [0.25, 0.3) is 22.8 Å². The van der Waals surface area contributed by atoms with Crippen molar-refractivity contribution < 1.29 is 72.8 Å². The summed E-state index contributed by atoms with van der Waals surface area (Å²) in [5, 5.41) is 30.3. The van der Waals surface area contributed by atoms with E-state index in [1.54, 1.807) is 23.8 Å². The first kappa shape index (κ1) is 23.9. The van der Waals surface area contributed by atoms with E-state index in [1.165, 1.54) is 6.07 Å². The van der Waals surface area contributed by atoms with Gasteiger partial charge in [-0.15, -0.1) is 22.7 Å². The maximum Gasteiger partial charge on any atom is 2.00 e. The van der Waals surface area contributed by atoms with Crippen molar-refractivity contribution in [1.82, 2.24) is 0 Å². The fourth-order valence-corrected chi connectivity index (χ4v) is 3.14. The Morgan fingerprint density at radius 3 is 2.00 bits per heavy atom. The molecule has 0 fully saturated rings. The predicted molar refractivity (Wildman–Crippen MR) is 105 cm³/mol. The van der Waals surface area contributed by atoms with Gasteiger partial charge >= 0.3 is 55.6 Å². The molecule has 29 heavy (non-hydrogen) atoms. The summed E-state index contributed by atoms with van der Waals surface area (Å²) in [6, 6.07) is 7.23. The zero-order chi connectivity index (χ0) is 20.1. The van der Waals surface area contributed by atoms with Gasteiger partial charge in [-0.3, -0.25) is 0 Å². The summed E-state index contributed by atoms with van der Waals surface area (Å²) < 4.78 is 35.5. The molecule has 1 aromatic carbocycles. The van der Waals surface area contributed by atoms with Crippen LogP contribution in [0.5, 0.6) is 0 Å². The molecule has 1 atom stereocenters. The second-order valence-corrected chi connectivity index (χ2v) is 6.71. The Hall–Kier alpha value is -1.39. The van der Waals surface area contributed by atoms with Gasteiger partial charge in [0.1, 0.15) is 6.10 Å². The summed E-state index contributed by atoms with van der Waals surface area (Å²) in [4.78, 5) is 0.348. The number of alkyl halides is 3. The Morgan fingerprint density at radius 1 is 1.00 bits per heavy atom. The van der Waals surface area contributed by atoms with Crippen LogP contribution < -0.4 is 10.4 Å². The predicted octanol–water partition coefficient (Wildman–Crippen LogP) is 5.10. The molecule has 1 radical (unpaired) electrons. The molecule has 2 aliphatic rings. The number of halogens is 3. The molecule has 4 nitrogen and oxygen atoms in total. The average molecular weight is 556 g/mol. The SMILES string of the molecule is C1=C[N-]c2c3c(ccc2=C1)=CC=C[N-]3.O/C(=C\C(O)c1cccs1)C(F)(F)F.[Eu+2]. The van der Waals surface area contributed by atoms with Crippen LogP contribution in [0.15, 0.2) is 66.0 Å². The van der Waals surface area contributed by atoms with E-state index in [9.17, 15) is 18.3 Å². The van der Waals surface area contributed by atoms with Gasteiger partial charge in [0.05, 0.1) is 0 Å². The van der Waals surface area contributed by atoms with E-state index in [4.69, 9.17) is 5.11 Å². The number of allylic oxidation sites excluding steroid dienone is 3. The molecule has 9 heteroatoms. The van der Waals surface area contributed by atoms with Crippen LogP contribution in [-0.2, 0) is 0 Å². The van der Waals surface area contributed by atoms with E-state index < -0.39 is 18.0 Å². The Balaban J connectivity index is 0.000000200. The Kier molecular flexibility index (Phi) is 8.72. The van der Waals surface area contributed by atoms with Crippen molar-refractivity contribution in [3.05, 3.63) is 92.0 Å². The fourth-order valence-electron chi connectivity index (χ4n) is 2.47. The molecule has 1 aromatic heterocycles. The fraction of sp³-hybridized carbons (Fsp3) is 0.100. The molecule has 0 bridgehead atoms. The Labute approximate surface area is 210 Å². The summed E-state index contributed by atoms with van der Waals surface area (Å²) in [6.07, 6.45) is 5.73. The summed E-state index contributed by atoms with van der Waals surface area (Å²) in [7, 11) is 0. The summed E-state index contributed by atoms with van der Waals surface area (Å²) in [6.45, 7) is 0. The minimum atomic E-state index is -4.81. The number of nitrogens with zero attached hydrogens (tertiary/aromatic N) is 2. The normalized spacial score (nSPS) is 15.0. The first-order valence-electron chi connectivity index (χ1n) is 8.14. The molecule has 1 unspecified atom stereocenters. The standard InChI is InChI=1S/C12H8N2.C8H7F3O2S.Eu/c1-3-9-5-6-10-4-2-8-14-12(10)11(9)13-7-1;9-8(10,11)7(13)4-5(12)6-2-1-3-14-6;/h1-8H;1-5,12-13H;/q-2;;+2/b;7-4-;. The van der Waals surface area contributed by atoms with Crippen molar-refractivity contribution in [3.8, 4) is 0 Å². The van der Waals surface area contributed by atoms with Crippen molar-refractivity contribution in [2.45, 2.75) is 12.3 Å². The van der Waals surface area contributed by atoms with Crippen molar-refractivity contribution in [2.75, 3.05) is 0 Å². The van der Waals surface area contributed by atoms with Crippen LogP contribution in [0.4, 0.5) is 24.5 Å². The van der Waals surface area contributed by atoms with E-state index in [0.717, 1.165) is 33.1 Å². The van der Waals surface area contributed by atoms with Gasteiger partial charge in [-0.1, -0.05) is 42.5 Å². The number of hydrogen-bond acceptors (Lipinski definition) is 3. The molecule has 0 amide bonds. The molecule has 0 saturated carbocycles. The molecule has 151 valence electrons. The van der Waals surface area contributed by atoms with Crippen LogP contribution >= 0.6 is 11.3 Å². The van der Waals surface area contributed by atoms with Crippen LogP contribution in [-0.4, -0.2) is 16.4 Å². The van der Waals surface area contributed by atoms with E-state index in [0.29, 0.717) is 11.0 Å². The molecule has 2 N–H and O–H groups in total. The van der Waals surface area contributed by atoms with Crippen LogP contribution in [0.1, 0.15) is 11.0 Å². The van der Waals surface area contributed by atoms with Gasteiger partial charge in [-0.2, -0.15) is 25.6 Å². The van der Waals surface area contributed by atoms with Gasteiger partial charge in [0.15, 0.2) is 5.76 Å². The van der Waals surface area contributed by atoms with E-state index >= 15 is 0 Å². The van der Waals surface area contributed by atoms with E-state index in [-0.39, 0.29) is 49.4 Å². The van der Waals surface area contributed by atoms with Gasteiger partial charge in [0.25, 0.3) is 0 Å². The molecular formula is C20H15EuF3N2O2S. The van der Waals surface area contributed by atoms with Crippen molar-refractivity contribution >= 4 is 34.9 Å². The quantitative estimate of drug-likeness (QED) is 0.506. The van der Waals surface area contributed by atoms with Gasteiger partial charge in [0.2, 0.25) is 0 Å². The first-order chi connectivity index (χ1) is 13.4. The molecule has 2 aromatic rings. The summed E-state index contributed by atoms with van der Waals surface area (Å²) in [5.41, 5.74) is 1.95. The van der Waals surface area contributed by atoms with Crippen LogP contribution in [0, 0.1) is 49.4 Å². The largest absolute Gasteiger partial charge is 2.00 e. The second-order valence-electron chi connectivity index (χ2n) is 5.73. The monoisotopic (exact) mass is 557 g/mol. The van der Waals surface area contributed by atoms with Gasteiger partial charge in [-0.05, 0) is 28.0 Å². The maximum absolute atomic E-state index is 11.8. The third-order valence-corrected chi connectivity index (χ3v) is 4.73. The molecule has 4 rings (SSSR count). The van der Waals surface area contributed by atoms with Gasteiger partial charge in [0, 0.05) is 4.88 Å². The van der Waals surface area contributed by atoms with E-state index in [1.807, 2.05) is 12.2 Å². The van der Waals surface area contributed by atoms with Gasteiger partial charge < -0.3 is 20.8 Å². The average Bonchev–Trinajstić information content (AvgIpc) is 3.23. The topological polar surface area (TPSA) is 68.7 Å². The summed E-state index contributed by atoms with van der Waals surface area (Å²) >= 11 is 1.11. The van der Waals surface area contributed by atoms with Gasteiger partial charge in [-0.25, -0.2) is 0 Å². The third-order valence-electron chi connectivity index (χ3n) is 3.79. The van der Waals surface area contributed by atoms with Crippen molar-refractivity contribution in [1.29, 1.82) is 0 Å². The zero-order valence-corrected chi connectivity index (χ0v) is 18.0. The Bertz CT molecular complexity index is 994. The van der Waals surface area contributed by atoms with E-state index in [2.05, 4.69) is 34.9 Å². The Morgan fingerprint density at radius 2 is 1.55 bits per heavy atom. The molecular weight excluding hydrogens is 541 g/mol. The second kappa shape index (κ2) is 10.6. The zero-order valence-electron chi connectivity index (χ0n) is 14.7. The third kappa shape index (κ3) is 6.29. The van der Waals surface area contributed by atoms with Crippen molar-refractivity contribution in [2.24, 2.45) is 0 Å². The number of fused-ring (bicyclic) bond motifs is 3. The minimum absolute atomic E-state index is 0. The number of aliphatic hydroxyl groups excluding tert-OH is 2. The smallest absolute Gasteiger partial charge is 0.665 e. The molecule has 3 heterocycles. The number of rotatable bonds is 2. The number of hydrogen-bond donors (Lipinski definition) is 2. The number of benzene rings is 1. The summed E-state index contributed by atoms with van der Waals surface area (Å²) in [5.74, 6) is -1.78. The first-order valence-corrected chi connectivity index (χ1v) is 9.02. The van der Waals surface area contributed by atoms with Crippen molar-refractivity contribution in [3.63, 3.8) is 0 Å².